The van der Waals surface area contributed by atoms with Crippen molar-refractivity contribution < 1.29 is 4.79 Å². The second-order valence-electron chi connectivity index (χ2n) is 8.84. The van der Waals surface area contributed by atoms with E-state index in [1.54, 1.807) is 0 Å². The molecule has 2 N–H and O–H groups in total. The van der Waals surface area contributed by atoms with Gasteiger partial charge in [-0.25, -0.2) is 14.5 Å². The molecule has 6 rings (SSSR count). The van der Waals surface area contributed by atoms with Gasteiger partial charge in [0.25, 0.3) is 5.91 Å². The minimum absolute atomic E-state index is 0.0291. The summed E-state index contributed by atoms with van der Waals surface area (Å²) in [6.45, 7) is 4.54. The summed E-state index contributed by atoms with van der Waals surface area (Å²) in [7, 11) is 0. The summed E-state index contributed by atoms with van der Waals surface area (Å²) in [4.78, 5) is 27.8. The van der Waals surface area contributed by atoms with Crippen LogP contribution in [0.2, 0.25) is 0 Å². The molecule has 4 aromatic rings. The highest BCUT2D eigenvalue weighted by atomic mass is 32.1. The van der Waals surface area contributed by atoms with E-state index in [1.807, 2.05) is 43.9 Å². The third-order valence-electron chi connectivity index (χ3n) is 6.57. The van der Waals surface area contributed by atoms with Crippen LogP contribution in [0.1, 0.15) is 53.5 Å². The summed E-state index contributed by atoms with van der Waals surface area (Å²) in [6, 6.07) is 2.16. The number of aryl methyl sites for hydroxylation is 1. The molecule has 0 spiro atoms. The number of carbonyl (C=O) groups excluding carboxylic acids is 1. The fourth-order valence-corrected chi connectivity index (χ4v) is 5.64. The lowest BCUT2D eigenvalue weighted by Gasteiger charge is -2.34. The largest absolute Gasteiger partial charge is 0.355 e. The number of nitrogens with zero attached hydrogens (tertiary/aromatic N) is 7. The molecule has 2 fully saturated rings. The van der Waals surface area contributed by atoms with Crippen molar-refractivity contribution in [3.8, 4) is 0 Å². The van der Waals surface area contributed by atoms with Gasteiger partial charge in [-0.05, 0) is 32.6 Å². The minimum atomic E-state index is -0.0679. The van der Waals surface area contributed by atoms with Gasteiger partial charge in [-0.2, -0.15) is 5.10 Å². The number of carbonyl (C=O) groups is 1. The van der Waals surface area contributed by atoms with Crippen LogP contribution in [-0.2, 0) is 0 Å². The molecule has 4 aromatic heterocycles. The number of rotatable bonds is 3. The first-order valence-electron chi connectivity index (χ1n) is 11.2. The molecule has 2 aliphatic heterocycles. The van der Waals surface area contributed by atoms with Crippen LogP contribution >= 0.6 is 11.3 Å². The first-order valence-corrected chi connectivity index (χ1v) is 12.1. The van der Waals surface area contributed by atoms with Gasteiger partial charge in [0.15, 0.2) is 10.6 Å². The molecule has 9 nitrogen and oxygen atoms in total. The fraction of sp³-hybridized carbons (Fsp3) is 0.455. The van der Waals surface area contributed by atoms with E-state index in [4.69, 9.17) is 15.8 Å². The van der Waals surface area contributed by atoms with Crippen molar-refractivity contribution in [3.05, 3.63) is 47.0 Å². The van der Waals surface area contributed by atoms with Crippen molar-refractivity contribution in [2.75, 3.05) is 24.5 Å². The molecule has 0 bridgehead atoms. The summed E-state index contributed by atoms with van der Waals surface area (Å²) in [5, 5.41) is 6.80. The zero-order valence-electron chi connectivity index (χ0n) is 18.0. The number of hydrogen-bond donors (Lipinski definition) is 1. The second kappa shape index (κ2) is 7.56. The zero-order chi connectivity index (χ0) is 21.8. The van der Waals surface area contributed by atoms with Gasteiger partial charge in [-0.3, -0.25) is 9.20 Å². The van der Waals surface area contributed by atoms with Crippen LogP contribution in [0.5, 0.6) is 0 Å². The number of aromatic nitrogens is 5. The first-order chi connectivity index (χ1) is 15.6. The van der Waals surface area contributed by atoms with Crippen molar-refractivity contribution in [3.63, 3.8) is 0 Å². The molecule has 6 heterocycles. The van der Waals surface area contributed by atoms with Crippen LogP contribution in [0.3, 0.4) is 0 Å². The smallest absolute Gasteiger partial charge is 0.274 e. The van der Waals surface area contributed by atoms with Crippen LogP contribution in [0.4, 0.5) is 5.82 Å². The average Bonchev–Trinajstić information content (AvgIpc) is 3.56. The Balaban J connectivity index is 1.33. The quantitative estimate of drug-likeness (QED) is 0.515. The van der Waals surface area contributed by atoms with E-state index in [0.29, 0.717) is 12.2 Å². The predicted octanol–water partition coefficient (Wildman–Crippen LogP) is 2.65. The van der Waals surface area contributed by atoms with Crippen molar-refractivity contribution in [2.24, 2.45) is 5.73 Å². The lowest BCUT2D eigenvalue weighted by Crippen LogP contribution is -2.38. The molecule has 2 saturated heterocycles. The highest BCUT2D eigenvalue weighted by molar-refractivity contribution is 7.15. The number of nitrogens with two attached hydrogens (primary N) is 1. The third-order valence-corrected chi connectivity index (χ3v) is 7.34. The maximum atomic E-state index is 13.4. The van der Waals surface area contributed by atoms with E-state index in [0.717, 1.165) is 66.5 Å². The van der Waals surface area contributed by atoms with Crippen LogP contribution in [-0.4, -0.2) is 60.5 Å². The van der Waals surface area contributed by atoms with E-state index < -0.39 is 0 Å². The van der Waals surface area contributed by atoms with Gasteiger partial charge >= 0.3 is 0 Å². The predicted molar refractivity (Wildman–Crippen MR) is 123 cm³/mol. The molecule has 2 atom stereocenters. The van der Waals surface area contributed by atoms with Crippen molar-refractivity contribution in [1.29, 1.82) is 0 Å². The number of hydrogen-bond acceptors (Lipinski definition) is 7. The number of imidazole rings is 1. The molecule has 1 amide bonds. The van der Waals surface area contributed by atoms with Gasteiger partial charge in [0.2, 0.25) is 0 Å². The van der Waals surface area contributed by atoms with Crippen molar-refractivity contribution in [2.45, 2.75) is 44.7 Å². The summed E-state index contributed by atoms with van der Waals surface area (Å²) >= 11 is 1.53. The Morgan fingerprint density at radius 2 is 2.09 bits per heavy atom. The SMILES string of the molecule is Cc1cn2nc(C3CCCCN3C(=O)c3cn4ccsc4n3)cc2nc1N1CCC(N)C1. The molecular formula is C22H26N8OS. The van der Waals surface area contributed by atoms with E-state index in [9.17, 15) is 4.79 Å². The highest BCUT2D eigenvalue weighted by Crippen LogP contribution is 2.32. The molecule has 0 aromatic carbocycles. The maximum absolute atomic E-state index is 13.4. The highest BCUT2D eigenvalue weighted by Gasteiger charge is 2.32. The zero-order valence-corrected chi connectivity index (χ0v) is 18.8. The van der Waals surface area contributed by atoms with Gasteiger partial charge < -0.3 is 15.5 Å². The van der Waals surface area contributed by atoms with Gasteiger partial charge in [0.1, 0.15) is 11.5 Å². The van der Waals surface area contributed by atoms with E-state index in [-0.39, 0.29) is 18.0 Å². The molecule has 166 valence electrons. The molecular weight excluding hydrogens is 424 g/mol. The standard InChI is InChI=1S/C22H26N8OS/c1-14-11-30-19(25-20(14)27-7-5-15(23)12-27)10-16(26-30)18-4-2-3-6-29(18)21(31)17-13-28-8-9-32-22(28)24-17/h8-11,13,15,18H,2-7,12,23H2,1H3. The Kier molecular flexibility index (Phi) is 4.65. The molecule has 32 heavy (non-hydrogen) atoms. The Bertz CT molecular complexity index is 1280. The minimum Gasteiger partial charge on any atom is -0.355 e. The lowest BCUT2D eigenvalue weighted by atomic mass is 9.99. The summed E-state index contributed by atoms with van der Waals surface area (Å²) in [5.74, 6) is 0.949. The molecule has 0 radical (unpaired) electrons. The Hall–Kier alpha value is -2.98. The van der Waals surface area contributed by atoms with Crippen molar-refractivity contribution in [1.82, 2.24) is 28.9 Å². The number of likely N-dealkylation sites (tertiary alicyclic amines) is 1. The van der Waals surface area contributed by atoms with Gasteiger partial charge in [0, 0.05) is 61.3 Å². The number of anilines is 1. The summed E-state index contributed by atoms with van der Waals surface area (Å²) in [5.41, 5.74) is 9.38. The van der Waals surface area contributed by atoms with E-state index >= 15 is 0 Å². The first kappa shape index (κ1) is 19.7. The Morgan fingerprint density at radius 3 is 2.91 bits per heavy atom. The summed E-state index contributed by atoms with van der Waals surface area (Å²) < 4.78 is 3.74. The summed E-state index contributed by atoms with van der Waals surface area (Å²) in [6.07, 6.45) is 9.73. The number of thiazole rings is 1. The number of piperidine rings is 1. The van der Waals surface area contributed by atoms with Crippen LogP contribution in [0.15, 0.2) is 30.0 Å². The normalized spacial score (nSPS) is 21.8. The number of amides is 1. The van der Waals surface area contributed by atoms with Crippen LogP contribution in [0, 0.1) is 6.92 Å². The monoisotopic (exact) mass is 450 g/mol. The Morgan fingerprint density at radius 1 is 1.19 bits per heavy atom. The van der Waals surface area contributed by atoms with Crippen molar-refractivity contribution >= 4 is 33.7 Å². The van der Waals surface area contributed by atoms with Gasteiger partial charge in [-0.15, -0.1) is 11.3 Å². The van der Waals surface area contributed by atoms with E-state index in [1.165, 1.54) is 11.3 Å². The van der Waals surface area contributed by atoms with E-state index in [2.05, 4.69) is 16.8 Å². The topological polar surface area (TPSA) is 97.1 Å². The number of fused-ring (bicyclic) bond motifs is 2. The van der Waals surface area contributed by atoms with Gasteiger partial charge in [0.05, 0.1) is 11.7 Å². The molecule has 10 heteroatoms. The molecule has 2 aliphatic rings. The maximum Gasteiger partial charge on any atom is 0.274 e. The lowest BCUT2D eigenvalue weighted by molar-refractivity contribution is 0.0600. The van der Waals surface area contributed by atoms with Crippen LogP contribution < -0.4 is 10.6 Å². The molecule has 2 unspecified atom stereocenters. The second-order valence-corrected chi connectivity index (χ2v) is 9.72. The van der Waals surface area contributed by atoms with Crippen LogP contribution in [0.25, 0.3) is 10.6 Å². The molecule has 0 aliphatic carbocycles. The molecule has 0 saturated carbocycles. The Labute approximate surface area is 189 Å². The average molecular weight is 451 g/mol. The van der Waals surface area contributed by atoms with Gasteiger partial charge in [-0.1, -0.05) is 0 Å². The fourth-order valence-electron chi connectivity index (χ4n) is 4.94. The third kappa shape index (κ3) is 3.25.